The van der Waals surface area contributed by atoms with Gasteiger partial charge in [0.15, 0.2) is 6.61 Å². The number of aliphatic hydroxyl groups is 1. The van der Waals surface area contributed by atoms with Crippen molar-refractivity contribution in [3.05, 3.63) is 0 Å². The maximum Gasteiger partial charge on any atom is 0.344 e. The van der Waals surface area contributed by atoms with E-state index in [9.17, 15) is 9.59 Å². The van der Waals surface area contributed by atoms with Gasteiger partial charge in [-0.3, -0.25) is 4.79 Å². The second kappa shape index (κ2) is 8.87. The molecule has 0 aliphatic heterocycles. The van der Waals surface area contributed by atoms with Crippen LogP contribution in [0.1, 0.15) is 40.5 Å². The first kappa shape index (κ1) is 17.9. The monoisotopic (exact) mass is 275 g/mol. The molecule has 1 atom stereocenters. The van der Waals surface area contributed by atoms with Gasteiger partial charge in [0.05, 0.1) is 0 Å². The second-order valence-electron chi connectivity index (χ2n) is 5.21. The van der Waals surface area contributed by atoms with E-state index in [4.69, 9.17) is 14.6 Å². The molecule has 2 N–H and O–H groups in total. The fourth-order valence-corrected chi connectivity index (χ4v) is 1.35. The molecule has 0 aromatic heterocycles. The molecule has 0 spiro atoms. The molecule has 112 valence electrons. The minimum Gasteiger partial charge on any atom is -0.457 e. The fraction of sp³-hybridized carbons (Fsp3) is 0.846. The van der Waals surface area contributed by atoms with Gasteiger partial charge in [0.1, 0.15) is 11.6 Å². The van der Waals surface area contributed by atoms with Gasteiger partial charge >= 0.3 is 11.9 Å². The highest BCUT2D eigenvalue weighted by atomic mass is 16.6. The maximum atomic E-state index is 11.7. The highest BCUT2D eigenvalue weighted by molar-refractivity contribution is 5.79. The number of hydrogen-bond donors (Lipinski definition) is 2. The van der Waals surface area contributed by atoms with E-state index in [-0.39, 0.29) is 13.0 Å². The number of carbonyl (C=O) groups is 2. The Kier molecular flexibility index (Phi) is 8.34. The summed E-state index contributed by atoms with van der Waals surface area (Å²) in [5.74, 6) is -1.13. The Labute approximate surface area is 114 Å². The third-order valence-corrected chi connectivity index (χ3v) is 2.10. The lowest BCUT2D eigenvalue weighted by Gasteiger charge is -2.20. The zero-order valence-corrected chi connectivity index (χ0v) is 12.2. The number of rotatable bonds is 8. The Hall–Kier alpha value is -1.14. The maximum absolute atomic E-state index is 11.7. The van der Waals surface area contributed by atoms with E-state index in [1.165, 1.54) is 0 Å². The van der Waals surface area contributed by atoms with Crippen LogP contribution < -0.4 is 5.32 Å². The third kappa shape index (κ3) is 9.44. The molecular formula is C13H25NO5. The highest BCUT2D eigenvalue weighted by Gasteiger charge is 2.22. The second-order valence-corrected chi connectivity index (χ2v) is 5.21. The van der Waals surface area contributed by atoms with Crippen molar-refractivity contribution in [2.24, 2.45) is 0 Å². The zero-order chi connectivity index (χ0) is 14.9. The summed E-state index contributed by atoms with van der Waals surface area (Å²) in [5.41, 5.74) is -0.603. The first-order valence-corrected chi connectivity index (χ1v) is 6.53. The van der Waals surface area contributed by atoms with Gasteiger partial charge in [0.2, 0.25) is 0 Å². The summed E-state index contributed by atoms with van der Waals surface area (Å²) in [6.45, 7) is 7.30. The Morgan fingerprint density at radius 3 is 2.42 bits per heavy atom. The topological polar surface area (TPSA) is 84.9 Å². The minimum atomic E-state index is -0.603. The van der Waals surface area contributed by atoms with E-state index in [0.717, 1.165) is 6.42 Å². The number of nitrogens with one attached hydrogen (secondary N) is 1. The standard InChI is InChI=1S/C13H25NO5/c1-5-7-14-10(6-8-15)12(17)18-9-11(16)19-13(2,3)4/h10,14-15H,5-9H2,1-4H3/t10-/m0/s1. The number of hydrogen-bond acceptors (Lipinski definition) is 6. The molecule has 0 aromatic carbocycles. The molecule has 0 unspecified atom stereocenters. The van der Waals surface area contributed by atoms with Gasteiger partial charge in [-0.2, -0.15) is 0 Å². The lowest BCUT2D eigenvalue weighted by molar-refractivity contribution is -0.167. The van der Waals surface area contributed by atoms with Crippen LogP contribution in [0, 0.1) is 0 Å². The van der Waals surface area contributed by atoms with Gasteiger partial charge in [-0.15, -0.1) is 0 Å². The summed E-state index contributed by atoms with van der Waals surface area (Å²) in [6.07, 6.45) is 1.12. The summed E-state index contributed by atoms with van der Waals surface area (Å²) in [4.78, 5) is 23.1. The van der Waals surface area contributed by atoms with Crippen LogP contribution in [-0.4, -0.2) is 48.4 Å². The minimum absolute atomic E-state index is 0.122. The normalized spacial score (nSPS) is 12.9. The molecular weight excluding hydrogens is 250 g/mol. The molecule has 0 fully saturated rings. The lowest BCUT2D eigenvalue weighted by Crippen LogP contribution is -2.40. The van der Waals surface area contributed by atoms with Crippen molar-refractivity contribution in [1.82, 2.24) is 5.32 Å². The van der Waals surface area contributed by atoms with Crippen LogP contribution in [0.4, 0.5) is 0 Å². The molecule has 0 aliphatic rings. The fourth-order valence-electron chi connectivity index (χ4n) is 1.35. The average Bonchev–Trinajstić information content (AvgIpc) is 2.29. The molecule has 0 saturated heterocycles. The van der Waals surface area contributed by atoms with Crippen molar-refractivity contribution in [1.29, 1.82) is 0 Å². The molecule has 0 heterocycles. The Morgan fingerprint density at radius 2 is 1.95 bits per heavy atom. The third-order valence-electron chi connectivity index (χ3n) is 2.10. The molecule has 19 heavy (non-hydrogen) atoms. The number of aliphatic hydroxyl groups excluding tert-OH is 1. The van der Waals surface area contributed by atoms with Crippen LogP contribution in [-0.2, 0) is 19.1 Å². The molecule has 0 radical (unpaired) electrons. The molecule has 6 heteroatoms. The SMILES string of the molecule is CCCN[C@@H](CCO)C(=O)OCC(=O)OC(C)(C)C. The van der Waals surface area contributed by atoms with Crippen molar-refractivity contribution >= 4 is 11.9 Å². The largest absolute Gasteiger partial charge is 0.457 e. The predicted molar refractivity (Wildman–Crippen MR) is 70.6 cm³/mol. The number of esters is 2. The summed E-state index contributed by atoms with van der Waals surface area (Å²) >= 11 is 0. The van der Waals surface area contributed by atoms with Crippen molar-refractivity contribution in [3.8, 4) is 0 Å². The number of carbonyl (C=O) groups excluding carboxylic acids is 2. The lowest BCUT2D eigenvalue weighted by atomic mass is 10.2. The van der Waals surface area contributed by atoms with Crippen molar-refractivity contribution in [3.63, 3.8) is 0 Å². The first-order chi connectivity index (χ1) is 8.80. The zero-order valence-electron chi connectivity index (χ0n) is 12.2. The van der Waals surface area contributed by atoms with Crippen molar-refractivity contribution in [2.75, 3.05) is 19.8 Å². The molecule has 0 bridgehead atoms. The van der Waals surface area contributed by atoms with Crippen LogP contribution >= 0.6 is 0 Å². The van der Waals surface area contributed by atoms with Crippen LogP contribution in [0.15, 0.2) is 0 Å². The van der Waals surface area contributed by atoms with E-state index in [2.05, 4.69) is 5.32 Å². The smallest absolute Gasteiger partial charge is 0.344 e. The molecule has 0 rings (SSSR count). The van der Waals surface area contributed by atoms with E-state index in [0.29, 0.717) is 6.54 Å². The van der Waals surface area contributed by atoms with E-state index >= 15 is 0 Å². The van der Waals surface area contributed by atoms with Crippen LogP contribution in [0.25, 0.3) is 0 Å². The average molecular weight is 275 g/mol. The van der Waals surface area contributed by atoms with Crippen LogP contribution in [0.3, 0.4) is 0 Å². The van der Waals surface area contributed by atoms with Crippen molar-refractivity contribution < 1.29 is 24.2 Å². The van der Waals surface area contributed by atoms with Gasteiger partial charge in [-0.05, 0) is 40.2 Å². The van der Waals surface area contributed by atoms with Gasteiger partial charge in [0, 0.05) is 6.61 Å². The summed E-state index contributed by atoms with van der Waals surface area (Å²) in [7, 11) is 0. The van der Waals surface area contributed by atoms with Gasteiger partial charge in [0.25, 0.3) is 0 Å². The van der Waals surface area contributed by atoms with Crippen molar-refractivity contribution in [2.45, 2.75) is 52.2 Å². The van der Waals surface area contributed by atoms with Gasteiger partial charge in [-0.25, -0.2) is 4.79 Å². The molecule has 0 aliphatic carbocycles. The molecule has 0 amide bonds. The highest BCUT2D eigenvalue weighted by Crippen LogP contribution is 2.07. The summed E-state index contributed by atoms with van der Waals surface area (Å²) < 4.78 is 9.90. The quantitative estimate of drug-likeness (QED) is 0.632. The van der Waals surface area contributed by atoms with E-state index < -0.39 is 30.2 Å². The van der Waals surface area contributed by atoms with Gasteiger partial charge in [-0.1, -0.05) is 6.92 Å². The first-order valence-electron chi connectivity index (χ1n) is 6.53. The molecule has 0 aromatic rings. The Balaban J connectivity index is 4.14. The van der Waals surface area contributed by atoms with Crippen LogP contribution in [0.2, 0.25) is 0 Å². The Morgan fingerprint density at radius 1 is 1.32 bits per heavy atom. The van der Waals surface area contributed by atoms with E-state index in [1.54, 1.807) is 20.8 Å². The summed E-state index contributed by atoms with van der Waals surface area (Å²) in [5, 5.41) is 11.8. The number of ether oxygens (including phenoxy) is 2. The van der Waals surface area contributed by atoms with E-state index in [1.807, 2.05) is 6.92 Å². The van der Waals surface area contributed by atoms with Crippen LogP contribution in [0.5, 0.6) is 0 Å². The summed E-state index contributed by atoms with van der Waals surface area (Å²) in [6, 6.07) is -0.590. The molecule has 0 saturated carbocycles. The molecule has 6 nitrogen and oxygen atoms in total. The van der Waals surface area contributed by atoms with Gasteiger partial charge < -0.3 is 19.9 Å². The Bertz CT molecular complexity index is 285. The predicted octanol–water partition coefficient (Wildman–Crippen LogP) is 0.622.